The van der Waals surface area contributed by atoms with Crippen LogP contribution in [-0.2, 0) is 24.3 Å². The summed E-state index contributed by atoms with van der Waals surface area (Å²) in [4.78, 5) is 18.8. The van der Waals surface area contributed by atoms with Crippen LogP contribution < -0.4 is 0 Å². The first-order valence-electron chi connectivity index (χ1n) is 11.4. The van der Waals surface area contributed by atoms with Crippen LogP contribution in [0, 0.1) is 0 Å². The van der Waals surface area contributed by atoms with Crippen LogP contribution >= 0.6 is 0 Å². The lowest BCUT2D eigenvalue weighted by Crippen LogP contribution is -2.34. The zero-order chi connectivity index (χ0) is 21.8. The molecule has 4 heterocycles. The zero-order valence-corrected chi connectivity index (χ0v) is 18.5. The minimum Gasteiger partial charge on any atom is -0.338 e. The predicted octanol–water partition coefficient (Wildman–Crippen LogP) is 4.22. The smallest absolute Gasteiger partial charge is 0.219 e. The fourth-order valence-electron chi connectivity index (χ4n) is 4.76. The summed E-state index contributed by atoms with van der Waals surface area (Å²) in [6, 6.07) is 8.98. The molecule has 0 saturated heterocycles. The Kier molecular flexibility index (Phi) is 4.38. The molecule has 2 aliphatic rings. The third-order valence-corrected chi connectivity index (χ3v) is 6.70. The van der Waals surface area contributed by atoms with Crippen molar-refractivity contribution in [2.45, 2.75) is 52.2 Å². The molecule has 0 unspecified atom stereocenters. The molecule has 1 fully saturated rings. The fourth-order valence-corrected chi connectivity index (χ4v) is 4.76. The van der Waals surface area contributed by atoms with Crippen LogP contribution in [0.25, 0.3) is 33.3 Å². The van der Waals surface area contributed by atoms with Crippen molar-refractivity contribution in [2.24, 2.45) is 0 Å². The number of amides is 1. The van der Waals surface area contributed by atoms with Crippen molar-refractivity contribution in [3.05, 3.63) is 54.1 Å². The number of carbonyl (C=O) groups is 1. The van der Waals surface area contributed by atoms with E-state index in [-0.39, 0.29) is 5.91 Å². The second kappa shape index (κ2) is 7.29. The quantitative estimate of drug-likeness (QED) is 0.490. The van der Waals surface area contributed by atoms with E-state index in [4.69, 9.17) is 10.1 Å². The van der Waals surface area contributed by atoms with Crippen molar-refractivity contribution in [1.29, 1.82) is 0 Å². The van der Waals surface area contributed by atoms with E-state index in [9.17, 15) is 4.79 Å². The summed E-state index contributed by atoms with van der Waals surface area (Å²) in [6.45, 7) is 5.96. The van der Waals surface area contributed by atoms with Crippen LogP contribution in [0.1, 0.15) is 44.0 Å². The van der Waals surface area contributed by atoms with Gasteiger partial charge in [-0.2, -0.15) is 10.2 Å². The fraction of sp³-hybridized carbons (Fsp3) is 0.360. The SMILES string of the molecule is CCn1cc(-c2cc3cccc(-c4nn(C5CC5)c5c4CN(C(C)=O)CC5)c3cn2)cn1. The van der Waals surface area contributed by atoms with Crippen molar-refractivity contribution in [2.75, 3.05) is 6.54 Å². The predicted molar refractivity (Wildman–Crippen MR) is 123 cm³/mol. The van der Waals surface area contributed by atoms with Gasteiger partial charge in [0.25, 0.3) is 0 Å². The van der Waals surface area contributed by atoms with Gasteiger partial charge in [0.05, 0.1) is 23.6 Å². The Hall–Kier alpha value is -3.48. The summed E-state index contributed by atoms with van der Waals surface area (Å²) in [7, 11) is 0. The Morgan fingerprint density at radius 2 is 2.09 bits per heavy atom. The lowest BCUT2D eigenvalue weighted by atomic mass is 9.97. The largest absolute Gasteiger partial charge is 0.338 e. The highest BCUT2D eigenvalue weighted by Crippen LogP contribution is 2.41. The molecule has 6 rings (SSSR count). The maximum absolute atomic E-state index is 12.1. The number of aryl methyl sites for hydroxylation is 1. The Morgan fingerprint density at radius 3 is 2.84 bits per heavy atom. The van der Waals surface area contributed by atoms with Gasteiger partial charge < -0.3 is 4.90 Å². The number of aromatic nitrogens is 5. The Morgan fingerprint density at radius 1 is 1.22 bits per heavy atom. The normalized spacial score (nSPS) is 15.9. The summed E-state index contributed by atoms with van der Waals surface area (Å²) in [5.41, 5.74) is 6.52. The van der Waals surface area contributed by atoms with Gasteiger partial charge in [0.2, 0.25) is 5.91 Å². The van der Waals surface area contributed by atoms with Crippen molar-refractivity contribution < 1.29 is 4.79 Å². The molecule has 0 bridgehead atoms. The molecule has 0 radical (unpaired) electrons. The highest BCUT2D eigenvalue weighted by atomic mass is 16.2. The van der Waals surface area contributed by atoms with Gasteiger partial charge in [0, 0.05) is 73.1 Å². The van der Waals surface area contributed by atoms with Crippen LogP contribution in [0.3, 0.4) is 0 Å². The van der Waals surface area contributed by atoms with Crippen molar-refractivity contribution >= 4 is 16.7 Å². The van der Waals surface area contributed by atoms with Gasteiger partial charge in [0.1, 0.15) is 0 Å². The summed E-state index contributed by atoms with van der Waals surface area (Å²) < 4.78 is 4.15. The van der Waals surface area contributed by atoms with E-state index in [1.165, 1.54) is 24.1 Å². The molecule has 1 saturated carbocycles. The van der Waals surface area contributed by atoms with E-state index >= 15 is 0 Å². The van der Waals surface area contributed by atoms with E-state index in [2.05, 4.69) is 41.0 Å². The molecule has 32 heavy (non-hydrogen) atoms. The third kappa shape index (κ3) is 3.11. The molecule has 3 aromatic heterocycles. The van der Waals surface area contributed by atoms with Crippen molar-refractivity contribution in [3.8, 4) is 22.5 Å². The van der Waals surface area contributed by atoms with E-state index in [0.717, 1.165) is 52.8 Å². The molecule has 0 N–H and O–H groups in total. The first-order valence-corrected chi connectivity index (χ1v) is 11.4. The number of carbonyl (C=O) groups excluding carboxylic acids is 1. The van der Waals surface area contributed by atoms with Gasteiger partial charge in [0.15, 0.2) is 0 Å². The Labute approximate surface area is 186 Å². The minimum atomic E-state index is 0.123. The minimum absolute atomic E-state index is 0.123. The average molecular weight is 427 g/mol. The number of hydrogen-bond acceptors (Lipinski definition) is 4. The number of benzene rings is 1. The van der Waals surface area contributed by atoms with E-state index in [1.807, 2.05) is 28.2 Å². The molecule has 0 spiro atoms. The van der Waals surface area contributed by atoms with Crippen LogP contribution in [0.15, 0.2) is 42.9 Å². The number of pyridine rings is 1. The van der Waals surface area contributed by atoms with Gasteiger partial charge in [-0.1, -0.05) is 18.2 Å². The summed E-state index contributed by atoms with van der Waals surface area (Å²) in [5, 5.41) is 11.7. The van der Waals surface area contributed by atoms with Gasteiger partial charge in [-0.15, -0.1) is 0 Å². The van der Waals surface area contributed by atoms with Crippen molar-refractivity contribution in [3.63, 3.8) is 0 Å². The summed E-state index contributed by atoms with van der Waals surface area (Å²) in [6.07, 6.45) is 9.10. The van der Waals surface area contributed by atoms with E-state index in [0.29, 0.717) is 12.6 Å². The molecular weight excluding hydrogens is 400 g/mol. The molecule has 7 heteroatoms. The molecular formula is C25H26N6O. The average Bonchev–Trinajstić information content (AvgIpc) is 3.42. The summed E-state index contributed by atoms with van der Waals surface area (Å²) in [5.74, 6) is 0.123. The second-order valence-corrected chi connectivity index (χ2v) is 8.82. The lowest BCUT2D eigenvalue weighted by molar-refractivity contribution is -0.129. The van der Waals surface area contributed by atoms with E-state index in [1.54, 1.807) is 6.92 Å². The summed E-state index contributed by atoms with van der Waals surface area (Å²) >= 11 is 0. The maximum atomic E-state index is 12.1. The van der Waals surface area contributed by atoms with Gasteiger partial charge in [-0.05, 0) is 31.2 Å². The first-order chi connectivity index (χ1) is 15.6. The zero-order valence-electron chi connectivity index (χ0n) is 18.5. The van der Waals surface area contributed by atoms with Crippen LogP contribution in [0.2, 0.25) is 0 Å². The molecule has 0 atom stereocenters. The van der Waals surface area contributed by atoms with Crippen LogP contribution in [0.5, 0.6) is 0 Å². The molecule has 1 amide bonds. The van der Waals surface area contributed by atoms with Gasteiger partial charge in [-0.25, -0.2) is 0 Å². The number of nitrogens with zero attached hydrogens (tertiary/aromatic N) is 6. The standard InChI is InChI=1S/C25H26N6O/c1-3-30-14-18(12-27-30)23-11-17-5-4-6-20(21(17)13-26-23)25-22-15-29(16(2)32)10-9-24(22)31(28-25)19-7-8-19/h4-6,11-14,19H,3,7-10,15H2,1-2H3. The molecule has 162 valence electrons. The van der Waals surface area contributed by atoms with Gasteiger partial charge in [-0.3, -0.25) is 19.1 Å². The monoisotopic (exact) mass is 426 g/mol. The first kappa shape index (κ1) is 19.2. The van der Waals surface area contributed by atoms with Gasteiger partial charge >= 0.3 is 0 Å². The molecule has 1 aromatic carbocycles. The number of hydrogen-bond donors (Lipinski definition) is 0. The highest BCUT2D eigenvalue weighted by molar-refractivity contribution is 5.97. The highest BCUT2D eigenvalue weighted by Gasteiger charge is 2.33. The number of rotatable bonds is 4. The maximum Gasteiger partial charge on any atom is 0.219 e. The third-order valence-electron chi connectivity index (χ3n) is 6.70. The molecule has 7 nitrogen and oxygen atoms in total. The molecule has 1 aliphatic heterocycles. The number of fused-ring (bicyclic) bond motifs is 2. The second-order valence-electron chi connectivity index (χ2n) is 8.82. The van der Waals surface area contributed by atoms with Crippen LogP contribution in [0.4, 0.5) is 0 Å². The van der Waals surface area contributed by atoms with E-state index < -0.39 is 0 Å². The van der Waals surface area contributed by atoms with Crippen LogP contribution in [-0.4, -0.2) is 41.9 Å². The Balaban J connectivity index is 1.48. The Bertz CT molecular complexity index is 1350. The lowest BCUT2D eigenvalue weighted by Gasteiger charge is -2.27. The molecule has 4 aromatic rings. The topological polar surface area (TPSA) is 68.8 Å². The van der Waals surface area contributed by atoms with Crippen molar-refractivity contribution in [1.82, 2.24) is 29.4 Å². The molecule has 1 aliphatic carbocycles.